The SMILES string of the molecule is CCNc1ncc(Br)cc1S(=O)(=O)Nc1nccs1. The molecule has 6 nitrogen and oxygen atoms in total. The third kappa shape index (κ3) is 3.43. The van der Waals surface area contributed by atoms with Crippen molar-refractivity contribution in [1.82, 2.24) is 9.97 Å². The molecular formula is C10H11BrN4O2S2. The molecule has 0 atom stereocenters. The van der Waals surface area contributed by atoms with E-state index in [1.54, 1.807) is 11.6 Å². The highest BCUT2D eigenvalue weighted by atomic mass is 79.9. The van der Waals surface area contributed by atoms with Crippen molar-refractivity contribution in [3.63, 3.8) is 0 Å². The highest BCUT2D eigenvalue weighted by molar-refractivity contribution is 9.10. The fourth-order valence-electron chi connectivity index (χ4n) is 1.37. The summed E-state index contributed by atoms with van der Waals surface area (Å²) in [6.07, 6.45) is 3.08. The van der Waals surface area contributed by atoms with Crippen LogP contribution in [0.15, 0.2) is 33.2 Å². The fourth-order valence-corrected chi connectivity index (χ4v) is 3.80. The Balaban J connectivity index is 2.41. The van der Waals surface area contributed by atoms with E-state index in [-0.39, 0.29) is 4.90 Å². The number of sulfonamides is 1. The lowest BCUT2D eigenvalue weighted by atomic mass is 10.4. The summed E-state index contributed by atoms with van der Waals surface area (Å²) in [6.45, 7) is 2.45. The Hall–Kier alpha value is -1.19. The van der Waals surface area contributed by atoms with Crippen LogP contribution in [0.1, 0.15) is 6.92 Å². The van der Waals surface area contributed by atoms with Crippen molar-refractivity contribution in [2.24, 2.45) is 0 Å². The van der Waals surface area contributed by atoms with E-state index in [0.717, 1.165) is 0 Å². The predicted octanol–water partition coefficient (Wildman–Crippen LogP) is 2.53. The van der Waals surface area contributed by atoms with E-state index in [1.165, 1.54) is 23.6 Å². The van der Waals surface area contributed by atoms with Gasteiger partial charge in [-0.1, -0.05) is 0 Å². The second kappa shape index (κ2) is 5.85. The van der Waals surface area contributed by atoms with E-state index in [0.29, 0.717) is 22.0 Å². The van der Waals surface area contributed by atoms with Gasteiger partial charge >= 0.3 is 0 Å². The lowest BCUT2D eigenvalue weighted by molar-refractivity contribution is 0.601. The van der Waals surface area contributed by atoms with Gasteiger partial charge in [-0.05, 0) is 28.9 Å². The van der Waals surface area contributed by atoms with Crippen LogP contribution >= 0.6 is 27.3 Å². The van der Waals surface area contributed by atoms with E-state index in [4.69, 9.17) is 0 Å². The molecule has 0 fully saturated rings. The average molecular weight is 363 g/mol. The highest BCUT2D eigenvalue weighted by Crippen LogP contribution is 2.25. The molecule has 0 aliphatic rings. The van der Waals surface area contributed by atoms with Gasteiger partial charge in [0.05, 0.1) is 0 Å². The first-order valence-electron chi connectivity index (χ1n) is 5.34. The second-order valence-electron chi connectivity index (χ2n) is 3.47. The summed E-state index contributed by atoms with van der Waals surface area (Å²) in [5, 5.41) is 4.94. The Morgan fingerprint density at radius 2 is 2.21 bits per heavy atom. The molecule has 2 rings (SSSR count). The van der Waals surface area contributed by atoms with Crippen molar-refractivity contribution in [1.29, 1.82) is 0 Å². The van der Waals surface area contributed by atoms with Gasteiger partial charge in [0, 0.05) is 28.8 Å². The first-order valence-corrected chi connectivity index (χ1v) is 8.50. The molecule has 0 amide bonds. The van der Waals surface area contributed by atoms with E-state index < -0.39 is 10.0 Å². The largest absolute Gasteiger partial charge is 0.369 e. The van der Waals surface area contributed by atoms with Crippen molar-refractivity contribution in [3.05, 3.63) is 28.3 Å². The van der Waals surface area contributed by atoms with Gasteiger partial charge < -0.3 is 5.32 Å². The molecule has 2 heterocycles. The minimum Gasteiger partial charge on any atom is -0.369 e. The van der Waals surface area contributed by atoms with Gasteiger partial charge in [0.2, 0.25) is 0 Å². The molecule has 2 aromatic heterocycles. The number of hydrogen-bond donors (Lipinski definition) is 2. The number of nitrogens with one attached hydrogen (secondary N) is 2. The summed E-state index contributed by atoms with van der Waals surface area (Å²) in [5.74, 6) is 0.315. The zero-order chi connectivity index (χ0) is 13.9. The van der Waals surface area contributed by atoms with Crippen molar-refractivity contribution in [3.8, 4) is 0 Å². The first kappa shape index (κ1) is 14.2. The Morgan fingerprint density at radius 1 is 1.42 bits per heavy atom. The van der Waals surface area contributed by atoms with Gasteiger partial charge in [-0.15, -0.1) is 11.3 Å². The van der Waals surface area contributed by atoms with Crippen molar-refractivity contribution in [2.45, 2.75) is 11.8 Å². The number of aromatic nitrogens is 2. The number of halogens is 1. The van der Waals surface area contributed by atoms with Crippen molar-refractivity contribution in [2.75, 3.05) is 16.6 Å². The van der Waals surface area contributed by atoms with E-state index in [9.17, 15) is 8.42 Å². The van der Waals surface area contributed by atoms with Crippen LogP contribution in [0, 0.1) is 0 Å². The second-order valence-corrected chi connectivity index (χ2v) is 6.93. The summed E-state index contributed by atoms with van der Waals surface area (Å²) in [7, 11) is -3.72. The van der Waals surface area contributed by atoms with Gasteiger partial charge in [0.25, 0.3) is 10.0 Å². The maximum absolute atomic E-state index is 12.3. The van der Waals surface area contributed by atoms with Gasteiger partial charge in [-0.25, -0.2) is 18.4 Å². The lowest BCUT2D eigenvalue weighted by Gasteiger charge is -2.11. The summed E-state index contributed by atoms with van der Waals surface area (Å²) in [6, 6.07) is 1.50. The van der Waals surface area contributed by atoms with E-state index >= 15 is 0 Å². The lowest BCUT2D eigenvalue weighted by Crippen LogP contribution is -2.16. The summed E-state index contributed by atoms with van der Waals surface area (Å²) in [5.41, 5.74) is 0. The zero-order valence-electron chi connectivity index (χ0n) is 9.92. The molecule has 2 aromatic rings. The quantitative estimate of drug-likeness (QED) is 0.853. The molecule has 0 saturated heterocycles. The third-order valence-electron chi connectivity index (χ3n) is 2.11. The molecule has 2 N–H and O–H groups in total. The van der Waals surface area contributed by atoms with E-state index in [1.807, 2.05) is 6.92 Å². The van der Waals surface area contributed by atoms with Crippen molar-refractivity contribution >= 4 is 48.2 Å². The molecule has 19 heavy (non-hydrogen) atoms. The minimum atomic E-state index is -3.72. The number of pyridine rings is 1. The molecule has 0 unspecified atom stereocenters. The average Bonchev–Trinajstić information content (AvgIpc) is 2.83. The van der Waals surface area contributed by atoms with Gasteiger partial charge in [0.15, 0.2) is 5.13 Å². The number of nitrogens with zero attached hydrogens (tertiary/aromatic N) is 2. The summed E-state index contributed by atoms with van der Waals surface area (Å²) >= 11 is 4.44. The number of hydrogen-bond acceptors (Lipinski definition) is 6. The summed E-state index contributed by atoms with van der Waals surface area (Å²) < 4.78 is 27.6. The molecule has 0 bridgehead atoms. The van der Waals surface area contributed by atoms with Crippen LogP contribution in [0.3, 0.4) is 0 Å². The molecule has 0 saturated carbocycles. The van der Waals surface area contributed by atoms with E-state index in [2.05, 4.69) is 35.9 Å². The van der Waals surface area contributed by atoms with Crippen LogP contribution in [0.25, 0.3) is 0 Å². The molecule has 0 spiro atoms. The van der Waals surface area contributed by atoms with Gasteiger partial charge in [0.1, 0.15) is 10.7 Å². The first-order chi connectivity index (χ1) is 9.03. The molecule has 102 valence electrons. The molecular weight excluding hydrogens is 352 g/mol. The predicted molar refractivity (Wildman–Crippen MR) is 79.0 cm³/mol. The van der Waals surface area contributed by atoms with Crippen LogP contribution in [-0.2, 0) is 10.0 Å². The smallest absolute Gasteiger partial charge is 0.267 e. The monoisotopic (exact) mass is 362 g/mol. The highest BCUT2D eigenvalue weighted by Gasteiger charge is 2.21. The molecule has 0 aliphatic heterocycles. The van der Waals surface area contributed by atoms with Crippen molar-refractivity contribution < 1.29 is 8.42 Å². The van der Waals surface area contributed by atoms with Crippen LogP contribution in [0.4, 0.5) is 10.9 Å². The summed E-state index contributed by atoms with van der Waals surface area (Å²) in [4.78, 5) is 8.05. The molecule has 0 aromatic carbocycles. The Kier molecular flexibility index (Phi) is 4.38. The number of anilines is 2. The van der Waals surface area contributed by atoms with Crippen LogP contribution < -0.4 is 10.0 Å². The number of rotatable bonds is 5. The number of thiazole rings is 1. The Labute approximate surface area is 123 Å². The maximum Gasteiger partial charge on any atom is 0.267 e. The van der Waals surface area contributed by atoms with Gasteiger partial charge in [-0.2, -0.15) is 0 Å². The Bertz CT molecular complexity index is 658. The fraction of sp³-hybridized carbons (Fsp3) is 0.200. The van der Waals surface area contributed by atoms with Crippen LogP contribution in [0.2, 0.25) is 0 Å². The Morgan fingerprint density at radius 3 is 2.84 bits per heavy atom. The molecule has 0 aliphatic carbocycles. The minimum absolute atomic E-state index is 0.0823. The van der Waals surface area contributed by atoms with Crippen LogP contribution in [-0.4, -0.2) is 24.9 Å². The third-order valence-corrected chi connectivity index (χ3v) is 4.71. The van der Waals surface area contributed by atoms with Crippen LogP contribution in [0.5, 0.6) is 0 Å². The normalized spacial score (nSPS) is 11.3. The topological polar surface area (TPSA) is 84.0 Å². The molecule has 0 radical (unpaired) electrons. The maximum atomic E-state index is 12.3. The standard InChI is InChI=1S/C10H11BrN4O2S2/c1-2-12-9-8(5-7(11)6-14-9)19(16,17)15-10-13-3-4-18-10/h3-6H,2H2,1H3,(H,12,14)(H,13,15). The van der Waals surface area contributed by atoms with Gasteiger partial charge in [-0.3, -0.25) is 4.72 Å². The zero-order valence-corrected chi connectivity index (χ0v) is 13.1. The molecule has 9 heteroatoms.